The molecule has 0 aromatic carbocycles. The van der Waals surface area contributed by atoms with E-state index in [-0.39, 0.29) is 0 Å². The summed E-state index contributed by atoms with van der Waals surface area (Å²) in [7, 11) is 0. The van der Waals surface area contributed by atoms with Gasteiger partial charge in [-0.25, -0.2) is 0 Å². The number of hydrogen-bond acceptors (Lipinski definition) is 6. The van der Waals surface area contributed by atoms with Crippen molar-refractivity contribution in [3.05, 3.63) is 5.69 Å². The Bertz CT molecular complexity index is 371. The van der Waals surface area contributed by atoms with Crippen molar-refractivity contribution >= 4 is 16.5 Å². The quantitative estimate of drug-likeness (QED) is 0.765. The van der Waals surface area contributed by atoms with Crippen LogP contribution in [0.3, 0.4) is 0 Å². The molecule has 1 aliphatic rings. The second-order valence-electron chi connectivity index (χ2n) is 5.11. The summed E-state index contributed by atoms with van der Waals surface area (Å²) in [4.78, 5) is 2.49. The average molecular weight is 284 g/mol. The van der Waals surface area contributed by atoms with E-state index in [1.165, 1.54) is 24.4 Å². The van der Waals surface area contributed by atoms with Gasteiger partial charge in [-0.15, -0.1) is 5.10 Å². The van der Waals surface area contributed by atoms with E-state index in [0.717, 1.165) is 49.6 Å². The van der Waals surface area contributed by atoms with E-state index < -0.39 is 0 Å². The van der Waals surface area contributed by atoms with Gasteiger partial charge in [0.05, 0.1) is 0 Å². The van der Waals surface area contributed by atoms with Crippen LogP contribution in [0, 0.1) is 0 Å². The van der Waals surface area contributed by atoms with Crippen LogP contribution in [0.25, 0.3) is 0 Å². The summed E-state index contributed by atoms with van der Waals surface area (Å²) in [6.45, 7) is 5.46. The lowest BCUT2D eigenvalue weighted by Gasteiger charge is -2.23. The summed E-state index contributed by atoms with van der Waals surface area (Å²) in [6, 6.07) is 0.605. The van der Waals surface area contributed by atoms with Crippen molar-refractivity contribution in [2.24, 2.45) is 0 Å². The molecular weight excluding hydrogens is 260 g/mol. The molecule has 5 nitrogen and oxygen atoms in total. The Balaban J connectivity index is 1.90. The Kier molecular flexibility index (Phi) is 6.00. The second-order valence-corrected chi connectivity index (χ2v) is 5.86. The average Bonchev–Trinajstić information content (AvgIpc) is 3.04. The van der Waals surface area contributed by atoms with E-state index >= 15 is 0 Å². The maximum absolute atomic E-state index is 8.96. The predicted octanol–water partition coefficient (Wildman–Crippen LogP) is 2.10. The van der Waals surface area contributed by atoms with Gasteiger partial charge in [0.15, 0.2) is 0 Å². The highest BCUT2D eigenvalue weighted by Crippen LogP contribution is 2.26. The largest absolute Gasteiger partial charge is 0.396 e. The number of aromatic nitrogens is 2. The number of hydrogen-bond donors (Lipinski definition) is 2. The first kappa shape index (κ1) is 14.7. The first-order chi connectivity index (χ1) is 9.35. The van der Waals surface area contributed by atoms with Crippen LogP contribution in [-0.2, 0) is 6.54 Å². The summed E-state index contributed by atoms with van der Waals surface area (Å²) < 4.78 is 4.07. The molecule has 1 aromatic rings. The van der Waals surface area contributed by atoms with Crippen LogP contribution in [0.2, 0.25) is 0 Å². The van der Waals surface area contributed by atoms with E-state index in [1.54, 1.807) is 0 Å². The SMILES string of the molecule is CCCNc1snnc1CN1CCCC1CCCO. The lowest BCUT2D eigenvalue weighted by atomic mass is 10.1. The number of rotatable bonds is 8. The van der Waals surface area contributed by atoms with E-state index in [2.05, 4.69) is 26.7 Å². The fraction of sp³-hybridized carbons (Fsp3) is 0.846. The van der Waals surface area contributed by atoms with Crippen LogP contribution in [0.4, 0.5) is 5.00 Å². The van der Waals surface area contributed by atoms with E-state index in [0.29, 0.717) is 12.6 Å². The van der Waals surface area contributed by atoms with Gasteiger partial charge in [-0.1, -0.05) is 11.4 Å². The first-order valence-corrected chi connectivity index (χ1v) is 8.02. The van der Waals surface area contributed by atoms with E-state index in [4.69, 9.17) is 5.11 Å². The van der Waals surface area contributed by atoms with Crippen molar-refractivity contribution in [1.82, 2.24) is 14.5 Å². The van der Waals surface area contributed by atoms with Crippen LogP contribution in [0.5, 0.6) is 0 Å². The monoisotopic (exact) mass is 284 g/mol. The molecule has 1 unspecified atom stereocenters. The summed E-state index contributed by atoms with van der Waals surface area (Å²) in [5.74, 6) is 0. The predicted molar refractivity (Wildman–Crippen MR) is 78.4 cm³/mol. The molecule has 1 fully saturated rings. The second kappa shape index (κ2) is 7.77. The maximum atomic E-state index is 8.96. The Labute approximate surface area is 119 Å². The highest BCUT2D eigenvalue weighted by Gasteiger charge is 2.25. The molecule has 2 N–H and O–H groups in total. The minimum atomic E-state index is 0.298. The Morgan fingerprint density at radius 2 is 2.42 bits per heavy atom. The highest BCUT2D eigenvalue weighted by molar-refractivity contribution is 7.10. The molecule has 2 rings (SSSR count). The molecule has 0 spiro atoms. The number of aliphatic hydroxyl groups excluding tert-OH is 1. The molecule has 19 heavy (non-hydrogen) atoms. The first-order valence-electron chi connectivity index (χ1n) is 7.25. The van der Waals surface area contributed by atoms with Crippen molar-refractivity contribution in [1.29, 1.82) is 0 Å². The highest BCUT2D eigenvalue weighted by atomic mass is 32.1. The van der Waals surface area contributed by atoms with E-state index in [1.807, 2.05) is 0 Å². The van der Waals surface area contributed by atoms with Gasteiger partial charge in [-0.3, -0.25) is 4.90 Å². The zero-order valence-corrected chi connectivity index (χ0v) is 12.5. The standard InChI is InChI=1S/C13H24N4OS/c1-2-7-14-13-12(15-16-19-13)10-17-8-3-5-11(17)6-4-9-18/h11,14,18H,2-10H2,1H3. The third-order valence-electron chi connectivity index (χ3n) is 3.64. The van der Waals surface area contributed by atoms with Crippen LogP contribution in [-0.4, -0.2) is 45.3 Å². The molecule has 6 heteroatoms. The topological polar surface area (TPSA) is 61.3 Å². The van der Waals surface area contributed by atoms with Crippen molar-refractivity contribution in [3.63, 3.8) is 0 Å². The van der Waals surface area contributed by atoms with Crippen LogP contribution < -0.4 is 5.32 Å². The molecule has 0 aliphatic carbocycles. The van der Waals surface area contributed by atoms with Crippen molar-refractivity contribution in [2.75, 3.05) is 25.0 Å². The van der Waals surface area contributed by atoms with Crippen molar-refractivity contribution in [2.45, 2.75) is 51.6 Å². The Hall–Kier alpha value is -0.720. The van der Waals surface area contributed by atoms with Gasteiger partial charge in [0.2, 0.25) is 0 Å². The summed E-state index contributed by atoms with van der Waals surface area (Å²) >= 11 is 1.45. The Morgan fingerprint density at radius 3 is 3.21 bits per heavy atom. The lowest BCUT2D eigenvalue weighted by molar-refractivity contribution is 0.208. The number of likely N-dealkylation sites (tertiary alicyclic amines) is 1. The van der Waals surface area contributed by atoms with Gasteiger partial charge in [0.25, 0.3) is 0 Å². The number of nitrogens with zero attached hydrogens (tertiary/aromatic N) is 3. The van der Waals surface area contributed by atoms with Gasteiger partial charge in [0, 0.05) is 37.3 Å². The third kappa shape index (κ3) is 4.12. The lowest BCUT2D eigenvalue weighted by Crippen LogP contribution is -2.29. The van der Waals surface area contributed by atoms with Crippen LogP contribution >= 0.6 is 11.5 Å². The molecular formula is C13H24N4OS. The molecule has 1 atom stereocenters. The molecule has 0 amide bonds. The fourth-order valence-corrected chi connectivity index (χ4v) is 3.23. The van der Waals surface area contributed by atoms with Crippen LogP contribution in [0.15, 0.2) is 0 Å². The van der Waals surface area contributed by atoms with Crippen molar-refractivity contribution in [3.8, 4) is 0 Å². The number of aliphatic hydroxyl groups is 1. The molecule has 0 radical (unpaired) electrons. The van der Waals surface area contributed by atoms with Crippen LogP contribution in [0.1, 0.15) is 44.7 Å². The number of anilines is 1. The maximum Gasteiger partial charge on any atom is 0.134 e. The molecule has 0 bridgehead atoms. The Morgan fingerprint density at radius 1 is 1.53 bits per heavy atom. The summed E-state index contributed by atoms with van der Waals surface area (Å²) in [5, 5.41) is 17.7. The molecule has 1 saturated heterocycles. The van der Waals surface area contributed by atoms with Gasteiger partial charge in [-0.05, 0) is 38.6 Å². The van der Waals surface area contributed by atoms with Crippen molar-refractivity contribution < 1.29 is 5.11 Å². The molecule has 1 aliphatic heterocycles. The zero-order valence-electron chi connectivity index (χ0n) is 11.6. The van der Waals surface area contributed by atoms with Gasteiger partial charge in [0.1, 0.15) is 10.7 Å². The normalized spacial score (nSPS) is 20.0. The third-order valence-corrected chi connectivity index (χ3v) is 4.36. The van der Waals surface area contributed by atoms with E-state index in [9.17, 15) is 0 Å². The molecule has 108 valence electrons. The molecule has 0 saturated carbocycles. The zero-order chi connectivity index (χ0) is 13.5. The minimum absolute atomic E-state index is 0.298. The molecule has 1 aromatic heterocycles. The smallest absolute Gasteiger partial charge is 0.134 e. The van der Waals surface area contributed by atoms with Gasteiger partial charge >= 0.3 is 0 Å². The van der Waals surface area contributed by atoms with Gasteiger partial charge < -0.3 is 10.4 Å². The summed E-state index contributed by atoms with van der Waals surface area (Å²) in [5.41, 5.74) is 1.08. The fourth-order valence-electron chi connectivity index (χ4n) is 2.63. The van der Waals surface area contributed by atoms with Gasteiger partial charge in [-0.2, -0.15) is 0 Å². The number of nitrogens with one attached hydrogen (secondary N) is 1. The summed E-state index contributed by atoms with van der Waals surface area (Å²) in [6.07, 6.45) is 5.60. The minimum Gasteiger partial charge on any atom is -0.396 e. The molecule has 2 heterocycles.